The highest BCUT2D eigenvalue weighted by atomic mass is 35.5. The van der Waals surface area contributed by atoms with Gasteiger partial charge >= 0.3 is 0 Å². The highest BCUT2D eigenvalue weighted by Crippen LogP contribution is 2.43. The fourth-order valence-electron chi connectivity index (χ4n) is 5.14. The standard InChI is InChI=1S/C25H27ClN4OS/c1-16-12-17(2)15-29(14-16)21-9-8-18(13-19(21)26)30-24(22-7-5-11-31-22)23(28-25(30)32)20-6-3-4-10-27-20/h3-11,13,16-17,23-24H,12,14-15H2,1-2H3,(H,28,32)/t16-,17+,23-,24+/m1/s1. The lowest BCUT2D eigenvalue weighted by Crippen LogP contribution is -2.38. The van der Waals surface area contributed by atoms with Gasteiger partial charge in [0.2, 0.25) is 0 Å². The smallest absolute Gasteiger partial charge is 0.174 e. The summed E-state index contributed by atoms with van der Waals surface area (Å²) in [7, 11) is 0. The molecular weight excluding hydrogens is 440 g/mol. The number of rotatable bonds is 4. The van der Waals surface area contributed by atoms with Gasteiger partial charge < -0.3 is 19.5 Å². The van der Waals surface area contributed by atoms with Gasteiger partial charge in [-0.3, -0.25) is 4.98 Å². The Bertz CT molecular complexity index is 1080. The molecule has 0 aliphatic carbocycles. The van der Waals surface area contributed by atoms with Crippen molar-refractivity contribution in [1.29, 1.82) is 0 Å². The Morgan fingerprint density at radius 3 is 2.56 bits per heavy atom. The molecule has 1 aromatic carbocycles. The largest absolute Gasteiger partial charge is 0.467 e. The highest BCUT2D eigenvalue weighted by Gasteiger charge is 2.42. The number of aromatic nitrogens is 1. The molecule has 2 saturated heterocycles. The predicted molar refractivity (Wildman–Crippen MR) is 133 cm³/mol. The summed E-state index contributed by atoms with van der Waals surface area (Å²) in [5, 5.41) is 4.82. The number of nitrogens with one attached hydrogen (secondary N) is 1. The molecule has 5 rings (SSSR count). The van der Waals surface area contributed by atoms with Crippen LogP contribution in [-0.2, 0) is 0 Å². The van der Waals surface area contributed by atoms with Crippen LogP contribution in [0.25, 0.3) is 0 Å². The maximum Gasteiger partial charge on any atom is 0.174 e. The maximum atomic E-state index is 6.84. The summed E-state index contributed by atoms with van der Waals surface area (Å²) in [6.07, 6.45) is 4.76. The van der Waals surface area contributed by atoms with Crippen molar-refractivity contribution in [2.45, 2.75) is 32.4 Å². The van der Waals surface area contributed by atoms with Crippen LogP contribution in [0.15, 0.2) is 65.4 Å². The molecule has 2 aliphatic rings. The molecular formula is C25H27ClN4OS. The molecule has 0 spiro atoms. The molecule has 2 aromatic heterocycles. The van der Waals surface area contributed by atoms with E-state index in [4.69, 9.17) is 28.2 Å². The molecule has 3 aromatic rings. The Morgan fingerprint density at radius 2 is 1.91 bits per heavy atom. The van der Waals surface area contributed by atoms with Crippen molar-refractivity contribution in [2.75, 3.05) is 22.9 Å². The first-order valence-corrected chi connectivity index (χ1v) is 11.9. The molecule has 1 N–H and O–H groups in total. The second kappa shape index (κ2) is 8.75. The number of furan rings is 1. The first kappa shape index (κ1) is 21.3. The van der Waals surface area contributed by atoms with Crippen LogP contribution in [0.4, 0.5) is 11.4 Å². The van der Waals surface area contributed by atoms with Crippen LogP contribution in [-0.4, -0.2) is 23.2 Å². The number of pyridine rings is 1. The first-order valence-electron chi connectivity index (χ1n) is 11.1. The quantitative estimate of drug-likeness (QED) is 0.476. The van der Waals surface area contributed by atoms with Gasteiger partial charge in [0.05, 0.1) is 28.7 Å². The van der Waals surface area contributed by atoms with Gasteiger partial charge in [-0.25, -0.2) is 0 Å². The van der Waals surface area contributed by atoms with Gasteiger partial charge in [0, 0.05) is 25.0 Å². The van der Waals surface area contributed by atoms with Crippen molar-refractivity contribution < 1.29 is 4.42 Å². The van der Waals surface area contributed by atoms with E-state index in [1.54, 1.807) is 12.5 Å². The van der Waals surface area contributed by atoms with E-state index in [9.17, 15) is 0 Å². The second-order valence-electron chi connectivity index (χ2n) is 9.00. The first-order chi connectivity index (χ1) is 15.5. The number of halogens is 1. The lowest BCUT2D eigenvalue weighted by molar-refractivity contribution is 0.357. The van der Waals surface area contributed by atoms with Crippen LogP contribution in [0.5, 0.6) is 0 Å². The summed E-state index contributed by atoms with van der Waals surface area (Å²) in [6.45, 7) is 6.68. The van der Waals surface area contributed by atoms with Gasteiger partial charge in [0.1, 0.15) is 11.8 Å². The molecule has 4 atom stereocenters. The van der Waals surface area contributed by atoms with E-state index in [0.717, 1.165) is 40.9 Å². The molecule has 5 nitrogen and oxygen atoms in total. The molecule has 2 fully saturated rings. The molecule has 0 unspecified atom stereocenters. The molecule has 2 aliphatic heterocycles. The van der Waals surface area contributed by atoms with E-state index in [1.165, 1.54) is 6.42 Å². The van der Waals surface area contributed by atoms with E-state index in [0.29, 0.717) is 16.9 Å². The Kier molecular flexibility index (Phi) is 5.82. The maximum absolute atomic E-state index is 6.84. The van der Waals surface area contributed by atoms with Crippen LogP contribution >= 0.6 is 23.8 Å². The van der Waals surface area contributed by atoms with Gasteiger partial charge in [0.25, 0.3) is 0 Å². The lowest BCUT2D eigenvalue weighted by Gasteiger charge is -2.37. The number of hydrogen-bond donors (Lipinski definition) is 1. The zero-order valence-corrected chi connectivity index (χ0v) is 19.8. The van der Waals surface area contributed by atoms with Crippen molar-refractivity contribution in [3.8, 4) is 0 Å². The van der Waals surface area contributed by atoms with Gasteiger partial charge in [-0.15, -0.1) is 0 Å². The summed E-state index contributed by atoms with van der Waals surface area (Å²) >= 11 is 12.6. The molecule has 0 bridgehead atoms. The van der Waals surface area contributed by atoms with Gasteiger partial charge in [-0.05, 0) is 72.9 Å². The van der Waals surface area contributed by atoms with Crippen LogP contribution in [0.3, 0.4) is 0 Å². The second-order valence-corrected chi connectivity index (χ2v) is 9.79. The number of thiocarbonyl (C=S) groups is 1. The minimum Gasteiger partial charge on any atom is -0.467 e. The highest BCUT2D eigenvalue weighted by molar-refractivity contribution is 7.80. The Morgan fingerprint density at radius 1 is 1.09 bits per heavy atom. The lowest BCUT2D eigenvalue weighted by atomic mass is 9.91. The number of piperidine rings is 1. The fourth-order valence-corrected chi connectivity index (χ4v) is 5.78. The predicted octanol–water partition coefficient (Wildman–Crippen LogP) is 5.99. The minimum atomic E-state index is -0.163. The van der Waals surface area contributed by atoms with Crippen LogP contribution in [0.1, 0.15) is 43.8 Å². The Hall–Kier alpha value is -2.57. The molecule has 0 amide bonds. The number of nitrogens with zero attached hydrogens (tertiary/aromatic N) is 3. The zero-order chi connectivity index (χ0) is 22.2. The third-order valence-electron chi connectivity index (χ3n) is 6.35. The molecule has 4 heterocycles. The number of hydrogen-bond acceptors (Lipinski definition) is 4. The van der Waals surface area contributed by atoms with E-state index in [2.05, 4.69) is 46.1 Å². The van der Waals surface area contributed by atoms with E-state index < -0.39 is 0 Å². The average Bonchev–Trinajstić information content (AvgIpc) is 3.41. The van der Waals surface area contributed by atoms with E-state index in [-0.39, 0.29) is 12.1 Å². The third-order valence-corrected chi connectivity index (χ3v) is 6.97. The average molecular weight is 467 g/mol. The topological polar surface area (TPSA) is 44.5 Å². The van der Waals surface area contributed by atoms with Crippen molar-refractivity contribution in [3.63, 3.8) is 0 Å². The Labute approximate surface area is 199 Å². The monoisotopic (exact) mass is 466 g/mol. The minimum absolute atomic E-state index is 0.128. The van der Waals surface area contributed by atoms with E-state index in [1.807, 2.05) is 36.4 Å². The molecule has 0 radical (unpaired) electrons. The molecule has 32 heavy (non-hydrogen) atoms. The Balaban J connectivity index is 1.50. The number of benzene rings is 1. The van der Waals surface area contributed by atoms with Crippen molar-refractivity contribution in [1.82, 2.24) is 10.3 Å². The zero-order valence-electron chi connectivity index (χ0n) is 18.2. The van der Waals surface area contributed by atoms with Crippen LogP contribution in [0.2, 0.25) is 5.02 Å². The molecule has 166 valence electrons. The van der Waals surface area contributed by atoms with Gasteiger partial charge in [-0.1, -0.05) is 31.5 Å². The summed E-state index contributed by atoms with van der Waals surface area (Å²) in [5.74, 6) is 2.14. The molecule has 7 heteroatoms. The van der Waals surface area contributed by atoms with Gasteiger partial charge in [0.15, 0.2) is 5.11 Å². The SMILES string of the molecule is C[C@@H]1C[C@H](C)CN(c2ccc(N3C(=S)N[C@H](c4ccccn4)[C@@H]3c3ccco3)cc2Cl)C1. The van der Waals surface area contributed by atoms with Crippen molar-refractivity contribution in [2.24, 2.45) is 11.8 Å². The van der Waals surface area contributed by atoms with Crippen molar-refractivity contribution >= 4 is 40.3 Å². The summed E-state index contributed by atoms with van der Waals surface area (Å²) in [6, 6.07) is 15.8. The molecule has 0 saturated carbocycles. The van der Waals surface area contributed by atoms with Crippen molar-refractivity contribution in [3.05, 3.63) is 77.5 Å². The van der Waals surface area contributed by atoms with Gasteiger partial charge in [-0.2, -0.15) is 0 Å². The third kappa shape index (κ3) is 3.97. The summed E-state index contributed by atoms with van der Waals surface area (Å²) in [4.78, 5) is 9.06. The van der Waals surface area contributed by atoms with Crippen LogP contribution < -0.4 is 15.1 Å². The summed E-state index contributed by atoms with van der Waals surface area (Å²) in [5.41, 5.74) is 2.94. The van der Waals surface area contributed by atoms with Crippen LogP contribution in [0, 0.1) is 11.8 Å². The fraction of sp³-hybridized carbons (Fsp3) is 0.360. The normalized spacial score (nSPS) is 25.8. The van der Waals surface area contributed by atoms with E-state index >= 15 is 0 Å². The number of anilines is 2. The summed E-state index contributed by atoms with van der Waals surface area (Å²) < 4.78 is 5.83.